The number of nitrogens with one attached hydrogen (secondary N) is 2. The minimum absolute atomic E-state index is 0.217. The SMILES string of the molecule is CC.CCC(C)C[C@H](C)NC1=C(C(N)c2ccc(OC)c(N(C)N)c2)C(N)=NC(N)N1. The van der Waals surface area contributed by atoms with Gasteiger partial charge in [-0.15, -0.1) is 0 Å². The third-order valence-corrected chi connectivity index (χ3v) is 5.21. The Balaban J connectivity index is 0.00000233. The maximum absolute atomic E-state index is 6.62. The summed E-state index contributed by atoms with van der Waals surface area (Å²) in [5.74, 6) is 8.24. The molecule has 2 rings (SSSR count). The second-order valence-corrected chi connectivity index (χ2v) is 7.71. The molecule has 0 saturated heterocycles. The van der Waals surface area contributed by atoms with Crippen molar-refractivity contribution in [2.24, 2.45) is 34.0 Å². The van der Waals surface area contributed by atoms with Crippen LogP contribution < -0.4 is 43.4 Å². The molecule has 1 aromatic carbocycles. The largest absolute Gasteiger partial charge is 0.495 e. The molecule has 0 aliphatic carbocycles. The van der Waals surface area contributed by atoms with Crippen molar-refractivity contribution in [3.63, 3.8) is 0 Å². The monoisotopic (exact) mass is 434 g/mol. The van der Waals surface area contributed by atoms with Crippen LogP contribution in [0.15, 0.2) is 34.6 Å². The van der Waals surface area contributed by atoms with Gasteiger partial charge in [-0.25, -0.2) is 10.8 Å². The highest BCUT2D eigenvalue weighted by Crippen LogP contribution is 2.32. The Hall–Kier alpha value is -2.49. The molecule has 3 unspecified atom stereocenters. The minimum atomic E-state index is -0.620. The first-order valence-electron chi connectivity index (χ1n) is 11.0. The van der Waals surface area contributed by atoms with Crippen molar-refractivity contribution in [1.82, 2.24) is 10.6 Å². The smallest absolute Gasteiger partial charge is 0.174 e. The van der Waals surface area contributed by atoms with Crippen molar-refractivity contribution in [3.8, 4) is 5.75 Å². The molecule has 1 aliphatic heterocycles. The molecule has 31 heavy (non-hydrogen) atoms. The Morgan fingerprint density at radius 3 is 2.48 bits per heavy atom. The zero-order valence-electron chi connectivity index (χ0n) is 20.1. The van der Waals surface area contributed by atoms with Crippen LogP contribution in [0.4, 0.5) is 5.69 Å². The first-order chi connectivity index (χ1) is 14.7. The molecule has 0 amide bonds. The number of nitrogens with two attached hydrogens (primary N) is 4. The molecule has 4 atom stereocenters. The predicted octanol–water partition coefficient (Wildman–Crippen LogP) is 1.86. The summed E-state index contributed by atoms with van der Waals surface area (Å²) in [7, 11) is 3.34. The van der Waals surface area contributed by atoms with E-state index in [0.717, 1.165) is 24.1 Å². The lowest BCUT2D eigenvalue weighted by Crippen LogP contribution is -2.49. The number of benzene rings is 1. The number of hydrogen-bond donors (Lipinski definition) is 6. The van der Waals surface area contributed by atoms with Crippen molar-refractivity contribution in [2.45, 2.75) is 65.8 Å². The van der Waals surface area contributed by atoms with Gasteiger partial charge in [0.2, 0.25) is 0 Å². The summed E-state index contributed by atoms with van der Waals surface area (Å²) in [6.45, 7) is 10.6. The molecule has 0 radical (unpaired) electrons. The Bertz CT molecular complexity index is 762. The highest BCUT2D eigenvalue weighted by atomic mass is 16.5. The molecule has 1 heterocycles. The van der Waals surface area contributed by atoms with Crippen LogP contribution in [-0.2, 0) is 0 Å². The lowest BCUT2D eigenvalue weighted by atomic mass is 9.96. The number of hydrazine groups is 1. The van der Waals surface area contributed by atoms with Crippen LogP contribution in [0.3, 0.4) is 0 Å². The Kier molecular flexibility index (Phi) is 10.6. The van der Waals surface area contributed by atoms with Crippen molar-refractivity contribution < 1.29 is 4.74 Å². The van der Waals surface area contributed by atoms with Gasteiger partial charge >= 0.3 is 0 Å². The fraction of sp³-hybridized carbons (Fsp3) is 0.591. The van der Waals surface area contributed by atoms with Crippen LogP contribution in [0, 0.1) is 5.92 Å². The van der Waals surface area contributed by atoms with E-state index in [0.29, 0.717) is 28.9 Å². The zero-order chi connectivity index (χ0) is 23.7. The molecule has 0 bridgehead atoms. The van der Waals surface area contributed by atoms with E-state index in [-0.39, 0.29) is 6.04 Å². The molecule has 0 fully saturated rings. The molecule has 1 aliphatic rings. The molecule has 9 nitrogen and oxygen atoms in total. The van der Waals surface area contributed by atoms with Crippen LogP contribution in [0.2, 0.25) is 0 Å². The lowest BCUT2D eigenvalue weighted by Gasteiger charge is -2.31. The predicted molar refractivity (Wildman–Crippen MR) is 130 cm³/mol. The van der Waals surface area contributed by atoms with E-state index >= 15 is 0 Å². The molecule has 10 N–H and O–H groups in total. The molecule has 9 heteroatoms. The van der Waals surface area contributed by atoms with Gasteiger partial charge in [-0.2, -0.15) is 0 Å². The summed E-state index contributed by atoms with van der Waals surface area (Å²) in [5, 5.41) is 8.15. The third-order valence-electron chi connectivity index (χ3n) is 5.21. The van der Waals surface area contributed by atoms with Crippen LogP contribution in [0.25, 0.3) is 0 Å². The van der Waals surface area contributed by atoms with Gasteiger partial charge < -0.3 is 31.8 Å². The van der Waals surface area contributed by atoms with Gasteiger partial charge in [0.05, 0.1) is 24.4 Å². The number of nitrogens with zero attached hydrogens (tertiary/aromatic N) is 2. The number of aliphatic imine (C=N–C) groups is 1. The number of hydrogen-bond acceptors (Lipinski definition) is 9. The summed E-state index contributed by atoms with van der Waals surface area (Å²) in [6, 6.07) is 5.31. The summed E-state index contributed by atoms with van der Waals surface area (Å²) in [5.41, 5.74) is 21.1. The van der Waals surface area contributed by atoms with Gasteiger partial charge in [-0.3, -0.25) is 5.73 Å². The lowest BCUT2D eigenvalue weighted by molar-refractivity contribution is 0.414. The number of ether oxygens (including phenoxy) is 1. The Morgan fingerprint density at radius 1 is 1.29 bits per heavy atom. The Labute approximate surface area is 187 Å². The second-order valence-electron chi connectivity index (χ2n) is 7.71. The average Bonchev–Trinajstić information content (AvgIpc) is 2.73. The summed E-state index contributed by atoms with van der Waals surface area (Å²) in [6.07, 6.45) is 1.52. The van der Waals surface area contributed by atoms with E-state index in [9.17, 15) is 0 Å². The van der Waals surface area contributed by atoms with Crippen LogP contribution in [0.1, 0.15) is 59.1 Å². The maximum atomic E-state index is 6.62. The Morgan fingerprint density at radius 2 is 1.94 bits per heavy atom. The quantitative estimate of drug-likeness (QED) is 0.254. The van der Waals surface area contributed by atoms with Crippen molar-refractivity contribution in [1.29, 1.82) is 0 Å². The third kappa shape index (κ3) is 7.02. The molecule has 1 aromatic rings. The molecular weight excluding hydrogens is 392 g/mol. The highest BCUT2D eigenvalue weighted by Gasteiger charge is 2.27. The second kappa shape index (κ2) is 12.4. The number of amidine groups is 1. The van der Waals surface area contributed by atoms with E-state index < -0.39 is 12.3 Å². The fourth-order valence-electron chi connectivity index (χ4n) is 3.46. The van der Waals surface area contributed by atoms with Gasteiger partial charge in [0, 0.05) is 13.1 Å². The molecule has 0 spiro atoms. The topological polar surface area (TPSA) is 153 Å². The molecule has 0 saturated carbocycles. The summed E-state index contributed by atoms with van der Waals surface area (Å²) >= 11 is 0. The van der Waals surface area contributed by atoms with Crippen molar-refractivity contribution >= 4 is 11.5 Å². The molecule has 176 valence electrons. The van der Waals surface area contributed by atoms with Crippen LogP contribution in [-0.4, -0.2) is 32.3 Å². The van der Waals surface area contributed by atoms with Gasteiger partial charge in [-0.1, -0.05) is 40.2 Å². The minimum Gasteiger partial charge on any atom is -0.495 e. The summed E-state index contributed by atoms with van der Waals surface area (Å²) < 4.78 is 5.38. The van der Waals surface area contributed by atoms with Gasteiger partial charge in [0.25, 0.3) is 0 Å². The number of rotatable bonds is 9. The normalized spacial score (nSPS) is 18.6. The van der Waals surface area contributed by atoms with Crippen LogP contribution in [0.5, 0.6) is 5.75 Å². The summed E-state index contributed by atoms with van der Waals surface area (Å²) in [4.78, 5) is 4.26. The van der Waals surface area contributed by atoms with E-state index in [1.165, 1.54) is 5.01 Å². The molecular formula is C22H42N8O. The van der Waals surface area contributed by atoms with Crippen molar-refractivity contribution in [2.75, 3.05) is 19.2 Å². The van der Waals surface area contributed by atoms with E-state index in [1.54, 1.807) is 14.2 Å². The van der Waals surface area contributed by atoms with Gasteiger partial charge in [0.1, 0.15) is 17.4 Å². The van der Waals surface area contributed by atoms with E-state index in [4.69, 9.17) is 27.8 Å². The number of methoxy groups -OCH3 is 1. The zero-order valence-corrected chi connectivity index (χ0v) is 20.1. The van der Waals surface area contributed by atoms with Crippen LogP contribution >= 0.6 is 0 Å². The van der Waals surface area contributed by atoms with Gasteiger partial charge in [-0.05, 0) is 37.0 Å². The number of anilines is 1. The fourth-order valence-corrected chi connectivity index (χ4v) is 3.46. The average molecular weight is 435 g/mol. The molecule has 0 aromatic heterocycles. The first-order valence-corrected chi connectivity index (χ1v) is 11.0. The van der Waals surface area contributed by atoms with E-state index in [2.05, 4.69) is 36.4 Å². The van der Waals surface area contributed by atoms with Crippen molar-refractivity contribution in [3.05, 3.63) is 35.2 Å². The standard InChI is InChI=1S/C20H36N8O.C2H6/c1-6-11(2)9-12(3)25-19-16(18(22)26-20(23)27-19)17(21)13-7-8-15(29-5)14(10-13)28(4)24;1-2/h7-8,10-12,17,20,25,27H,6,9,21,23-24H2,1-5H3,(H2,22,26);1-2H3/t11?,12-,17?,20?;/m0./s1. The van der Waals surface area contributed by atoms with Gasteiger partial charge in [0.15, 0.2) is 6.29 Å². The highest BCUT2D eigenvalue weighted by molar-refractivity contribution is 5.99. The maximum Gasteiger partial charge on any atom is 0.174 e. The van der Waals surface area contributed by atoms with E-state index in [1.807, 2.05) is 32.0 Å². The first kappa shape index (κ1) is 26.5.